The van der Waals surface area contributed by atoms with Gasteiger partial charge in [0.2, 0.25) is 0 Å². The minimum atomic E-state index is -0.662. The molecule has 0 saturated carbocycles. The lowest BCUT2D eigenvalue weighted by atomic mass is 10.2. The van der Waals surface area contributed by atoms with Crippen molar-refractivity contribution in [1.29, 1.82) is 0 Å². The molecule has 1 N–H and O–H groups in total. The van der Waals surface area contributed by atoms with Crippen LogP contribution in [-0.2, 0) is 0 Å². The predicted octanol–water partition coefficient (Wildman–Crippen LogP) is 4.50. The third-order valence-electron chi connectivity index (χ3n) is 4.56. The average molecular weight is 419 g/mol. The summed E-state index contributed by atoms with van der Waals surface area (Å²) in [6, 6.07) is 7.73. The van der Waals surface area contributed by atoms with E-state index >= 15 is 0 Å². The summed E-state index contributed by atoms with van der Waals surface area (Å²) < 4.78 is 7.40. The molecule has 0 fully saturated rings. The van der Waals surface area contributed by atoms with Gasteiger partial charge < -0.3 is 9.84 Å². The summed E-state index contributed by atoms with van der Waals surface area (Å²) in [5.41, 5.74) is 2.12. The molecular weight excluding hydrogens is 392 g/mol. The van der Waals surface area contributed by atoms with E-state index in [1.807, 2.05) is 58.9 Å². The molecule has 3 aromatic rings. The summed E-state index contributed by atoms with van der Waals surface area (Å²) in [4.78, 5) is 19.7. The highest BCUT2D eigenvalue weighted by atomic mass is 32.2. The van der Waals surface area contributed by atoms with Crippen molar-refractivity contribution < 1.29 is 9.84 Å². The topological polar surface area (TPSA) is 64.3 Å². The van der Waals surface area contributed by atoms with Crippen molar-refractivity contribution in [2.45, 2.75) is 51.9 Å². The summed E-state index contributed by atoms with van der Waals surface area (Å²) >= 11 is 2.94. The van der Waals surface area contributed by atoms with E-state index in [-0.39, 0.29) is 18.2 Å². The van der Waals surface area contributed by atoms with Crippen LogP contribution in [0.5, 0.6) is 5.75 Å². The molecule has 3 rings (SSSR count). The number of hydrogen-bond acceptors (Lipinski definition) is 6. The van der Waals surface area contributed by atoms with Crippen LogP contribution in [0.15, 0.2) is 34.2 Å². The summed E-state index contributed by atoms with van der Waals surface area (Å²) in [5, 5.41) is 11.7. The molecule has 0 amide bonds. The van der Waals surface area contributed by atoms with E-state index < -0.39 is 6.10 Å². The zero-order chi connectivity index (χ0) is 20.4. The number of fused-ring (bicyclic) bond motifs is 1. The van der Waals surface area contributed by atoms with Gasteiger partial charge in [-0.3, -0.25) is 9.36 Å². The smallest absolute Gasteiger partial charge is 0.263 e. The molecule has 150 valence electrons. The van der Waals surface area contributed by atoms with Crippen LogP contribution in [0, 0.1) is 20.8 Å². The fourth-order valence-corrected chi connectivity index (χ4v) is 5.07. The van der Waals surface area contributed by atoms with Gasteiger partial charge in [0.1, 0.15) is 17.2 Å². The standard InChI is InChI=1S/C21H26N2O3S2/c1-12(2)23-20(25)18-14(4)15(5)28-19(18)22-21(23)27-11-16(24)10-26-17-8-6-7-13(3)9-17/h6-9,12,16,24H,10-11H2,1-5H3/t16-/m0/s1. The number of aryl methyl sites for hydroxylation is 3. The van der Waals surface area contributed by atoms with Crippen molar-refractivity contribution in [3.63, 3.8) is 0 Å². The van der Waals surface area contributed by atoms with Gasteiger partial charge in [-0.2, -0.15) is 0 Å². The van der Waals surface area contributed by atoms with Gasteiger partial charge in [0, 0.05) is 16.7 Å². The Hall–Kier alpha value is -1.83. The van der Waals surface area contributed by atoms with Crippen molar-refractivity contribution >= 4 is 33.3 Å². The van der Waals surface area contributed by atoms with Crippen LogP contribution in [0.3, 0.4) is 0 Å². The van der Waals surface area contributed by atoms with Gasteiger partial charge in [0.05, 0.1) is 11.5 Å². The number of aromatic nitrogens is 2. The normalized spacial score (nSPS) is 12.7. The minimum absolute atomic E-state index is 0.00477. The highest BCUT2D eigenvalue weighted by Crippen LogP contribution is 2.29. The SMILES string of the molecule is Cc1cccc(OC[C@H](O)CSc2nc3sc(C)c(C)c3c(=O)n2C(C)C)c1. The number of hydrogen-bond donors (Lipinski definition) is 1. The Balaban J connectivity index is 1.76. The minimum Gasteiger partial charge on any atom is -0.491 e. The van der Waals surface area contributed by atoms with Crippen LogP contribution in [0.25, 0.3) is 10.2 Å². The highest BCUT2D eigenvalue weighted by Gasteiger charge is 2.19. The van der Waals surface area contributed by atoms with Crippen LogP contribution < -0.4 is 10.3 Å². The number of thioether (sulfide) groups is 1. The Bertz CT molecular complexity index is 1040. The van der Waals surface area contributed by atoms with Gasteiger partial charge in [-0.15, -0.1) is 11.3 Å². The Labute approximate surface area is 173 Å². The molecule has 0 spiro atoms. The second kappa shape index (κ2) is 8.68. The molecule has 0 aliphatic heterocycles. The lowest BCUT2D eigenvalue weighted by molar-refractivity contribution is 0.126. The fourth-order valence-electron chi connectivity index (χ4n) is 2.96. The molecule has 0 saturated heterocycles. The molecule has 0 bridgehead atoms. The first kappa shape index (κ1) is 20.9. The van der Waals surface area contributed by atoms with Crippen LogP contribution in [0.1, 0.15) is 35.9 Å². The summed E-state index contributed by atoms with van der Waals surface area (Å²) in [5.74, 6) is 1.15. The van der Waals surface area contributed by atoms with Crippen LogP contribution >= 0.6 is 23.1 Å². The van der Waals surface area contributed by atoms with Gasteiger partial charge in [0.15, 0.2) is 5.16 Å². The summed E-state index contributed by atoms with van der Waals surface area (Å²) in [6.45, 7) is 10.1. The fraction of sp³-hybridized carbons (Fsp3) is 0.429. The number of nitrogens with zero attached hydrogens (tertiary/aromatic N) is 2. The van der Waals surface area contributed by atoms with E-state index in [1.165, 1.54) is 11.8 Å². The zero-order valence-electron chi connectivity index (χ0n) is 16.9. The first-order valence-corrected chi connectivity index (χ1v) is 11.1. The average Bonchev–Trinajstić information content (AvgIpc) is 2.92. The van der Waals surface area contributed by atoms with Crippen molar-refractivity contribution in [3.8, 4) is 5.75 Å². The molecule has 1 atom stereocenters. The Morgan fingerprint density at radius 3 is 2.71 bits per heavy atom. The van der Waals surface area contributed by atoms with Gasteiger partial charge >= 0.3 is 0 Å². The second-order valence-electron chi connectivity index (χ2n) is 7.22. The van der Waals surface area contributed by atoms with E-state index in [0.717, 1.165) is 26.6 Å². The first-order chi connectivity index (χ1) is 13.3. The number of thiophene rings is 1. The maximum atomic E-state index is 13.0. The third-order valence-corrected chi connectivity index (χ3v) is 6.75. The van der Waals surface area contributed by atoms with E-state index in [2.05, 4.69) is 0 Å². The molecule has 0 aliphatic carbocycles. The van der Waals surface area contributed by atoms with E-state index in [0.29, 0.717) is 16.3 Å². The zero-order valence-corrected chi connectivity index (χ0v) is 18.5. The Morgan fingerprint density at radius 1 is 1.29 bits per heavy atom. The van der Waals surface area contributed by atoms with Gasteiger partial charge in [-0.1, -0.05) is 23.9 Å². The van der Waals surface area contributed by atoms with Crippen molar-refractivity contribution in [2.24, 2.45) is 0 Å². The molecule has 7 heteroatoms. The molecule has 0 radical (unpaired) electrons. The number of rotatable bonds is 7. The summed E-state index contributed by atoms with van der Waals surface area (Å²) in [6.07, 6.45) is -0.662. The molecule has 2 aromatic heterocycles. The maximum absolute atomic E-state index is 13.0. The molecule has 5 nitrogen and oxygen atoms in total. The maximum Gasteiger partial charge on any atom is 0.263 e. The summed E-state index contributed by atoms with van der Waals surface area (Å²) in [7, 11) is 0. The van der Waals surface area contributed by atoms with Crippen molar-refractivity contribution in [2.75, 3.05) is 12.4 Å². The molecular formula is C21H26N2O3S2. The largest absolute Gasteiger partial charge is 0.491 e. The highest BCUT2D eigenvalue weighted by molar-refractivity contribution is 7.99. The number of aliphatic hydroxyl groups is 1. The molecule has 28 heavy (non-hydrogen) atoms. The predicted molar refractivity (Wildman–Crippen MR) is 117 cm³/mol. The monoisotopic (exact) mass is 418 g/mol. The lowest BCUT2D eigenvalue weighted by Gasteiger charge is -2.17. The number of aliphatic hydroxyl groups excluding tert-OH is 1. The van der Waals surface area contributed by atoms with Gasteiger partial charge in [-0.05, 0) is 57.9 Å². The Morgan fingerprint density at radius 2 is 2.04 bits per heavy atom. The lowest BCUT2D eigenvalue weighted by Crippen LogP contribution is -2.26. The second-order valence-corrected chi connectivity index (χ2v) is 9.41. The van der Waals surface area contributed by atoms with E-state index in [1.54, 1.807) is 15.9 Å². The Kier molecular flexibility index (Phi) is 6.47. The molecule has 0 aliphatic rings. The first-order valence-electron chi connectivity index (χ1n) is 9.30. The van der Waals surface area contributed by atoms with Gasteiger partial charge in [0.25, 0.3) is 5.56 Å². The van der Waals surface area contributed by atoms with Crippen molar-refractivity contribution in [1.82, 2.24) is 9.55 Å². The van der Waals surface area contributed by atoms with Crippen LogP contribution in [0.2, 0.25) is 0 Å². The quantitative estimate of drug-likeness (QED) is 0.452. The molecule has 1 aromatic carbocycles. The molecule has 0 unspecified atom stereocenters. The van der Waals surface area contributed by atoms with Crippen LogP contribution in [0.4, 0.5) is 0 Å². The van der Waals surface area contributed by atoms with E-state index in [4.69, 9.17) is 9.72 Å². The number of benzene rings is 1. The van der Waals surface area contributed by atoms with Crippen molar-refractivity contribution in [3.05, 3.63) is 50.6 Å². The van der Waals surface area contributed by atoms with Gasteiger partial charge in [-0.25, -0.2) is 4.98 Å². The number of ether oxygens (including phenoxy) is 1. The van der Waals surface area contributed by atoms with E-state index in [9.17, 15) is 9.90 Å². The third kappa shape index (κ3) is 4.42. The van der Waals surface area contributed by atoms with Crippen LogP contribution in [-0.4, -0.2) is 33.1 Å². The molecule has 2 heterocycles.